The van der Waals surface area contributed by atoms with Crippen molar-refractivity contribution in [2.75, 3.05) is 0 Å². The highest BCUT2D eigenvalue weighted by molar-refractivity contribution is 6.34. The molecule has 0 bridgehead atoms. The van der Waals surface area contributed by atoms with Gasteiger partial charge in [0.1, 0.15) is 5.82 Å². The lowest BCUT2D eigenvalue weighted by atomic mass is 10.1. The lowest BCUT2D eigenvalue weighted by Crippen LogP contribution is -2.19. The van der Waals surface area contributed by atoms with Crippen LogP contribution in [-0.4, -0.2) is 11.6 Å². The molecule has 5 heteroatoms. The van der Waals surface area contributed by atoms with Crippen LogP contribution in [-0.2, 0) is 0 Å². The van der Waals surface area contributed by atoms with Gasteiger partial charge in [-0.15, -0.1) is 0 Å². The Kier molecular flexibility index (Phi) is 4.48. The molecule has 3 nitrogen and oxygen atoms in total. The standard InChI is InChI=1S/C15H12ClFN2O/c1-10(13-4-2-3-5-14(13)16)18-19-15(20)11-6-8-12(17)9-7-11/h2-9H,1H3,(H,19,20). The molecular weight excluding hydrogens is 279 g/mol. The van der Waals surface area contributed by atoms with Crippen LogP contribution in [0.5, 0.6) is 0 Å². The smallest absolute Gasteiger partial charge is 0.267 e. The summed E-state index contributed by atoms with van der Waals surface area (Å²) in [4.78, 5) is 11.8. The maximum Gasteiger partial charge on any atom is 0.271 e. The molecule has 0 radical (unpaired) electrons. The molecule has 0 heterocycles. The minimum Gasteiger partial charge on any atom is -0.267 e. The van der Waals surface area contributed by atoms with Crippen LogP contribution in [0.2, 0.25) is 5.02 Å². The minimum atomic E-state index is -0.406. The number of halogens is 2. The van der Waals surface area contributed by atoms with Crippen LogP contribution >= 0.6 is 11.6 Å². The van der Waals surface area contributed by atoms with Gasteiger partial charge in [0, 0.05) is 16.1 Å². The van der Waals surface area contributed by atoms with Gasteiger partial charge in [0.25, 0.3) is 5.91 Å². The van der Waals surface area contributed by atoms with Gasteiger partial charge in [-0.2, -0.15) is 5.10 Å². The van der Waals surface area contributed by atoms with Crippen molar-refractivity contribution in [2.45, 2.75) is 6.92 Å². The Morgan fingerprint density at radius 1 is 1.15 bits per heavy atom. The number of amides is 1. The number of carbonyl (C=O) groups excluding carboxylic acids is 1. The fraction of sp³-hybridized carbons (Fsp3) is 0.0667. The van der Waals surface area contributed by atoms with E-state index in [0.717, 1.165) is 5.56 Å². The Morgan fingerprint density at radius 3 is 2.45 bits per heavy atom. The van der Waals surface area contributed by atoms with Crippen molar-refractivity contribution < 1.29 is 9.18 Å². The zero-order valence-electron chi connectivity index (χ0n) is 10.7. The molecule has 0 spiro atoms. The van der Waals surface area contributed by atoms with Crippen molar-refractivity contribution in [3.63, 3.8) is 0 Å². The largest absolute Gasteiger partial charge is 0.271 e. The van der Waals surface area contributed by atoms with E-state index in [1.807, 2.05) is 18.2 Å². The first kappa shape index (κ1) is 14.2. The molecule has 0 aliphatic rings. The highest BCUT2D eigenvalue weighted by Crippen LogP contribution is 2.15. The Balaban J connectivity index is 2.11. The Bertz CT molecular complexity index is 653. The summed E-state index contributed by atoms with van der Waals surface area (Å²) >= 11 is 6.03. The molecule has 2 aromatic rings. The van der Waals surface area contributed by atoms with Crippen molar-refractivity contribution in [1.82, 2.24) is 5.43 Å². The fourth-order valence-corrected chi connectivity index (χ4v) is 1.89. The molecule has 0 fully saturated rings. The van der Waals surface area contributed by atoms with Gasteiger partial charge in [0.05, 0.1) is 5.71 Å². The second-order valence-electron chi connectivity index (χ2n) is 4.12. The van der Waals surface area contributed by atoms with Crippen molar-refractivity contribution >= 4 is 23.2 Å². The summed E-state index contributed by atoms with van der Waals surface area (Å²) in [6.07, 6.45) is 0. The first-order chi connectivity index (χ1) is 9.58. The number of nitrogens with one attached hydrogen (secondary N) is 1. The van der Waals surface area contributed by atoms with Crippen LogP contribution in [0.1, 0.15) is 22.8 Å². The normalized spacial score (nSPS) is 11.2. The summed E-state index contributed by atoms with van der Waals surface area (Å²) in [5, 5.41) is 4.55. The van der Waals surface area contributed by atoms with Gasteiger partial charge in [-0.25, -0.2) is 9.82 Å². The van der Waals surface area contributed by atoms with E-state index >= 15 is 0 Å². The molecule has 1 N–H and O–H groups in total. The van der Waals surface area contributed by atoms with E-state index in [-0.39, 0.29) is 0 Å². The van der Waals surface area contributed by atoms with E-state index in [1.165, 1.54) is 24.3 Å². The topological polar surface area (TPSA) is 41.5 Å². The van der Waals surface area contributed by atoms with Gasteiger partial charge in [0.2, 0.25) is 0 Å². The molecule has 0 aliphatic carbocycles. The lowest BCUT2D eigenvalue weighted by Gasteiger charge is -2.04. The summed E-state index contributed by atoms with van der Waals surface area (Å²) in [5.74, 6) is -0.797. The maximum absolute atomic E-state index is 12.8. The van der Waals surface area contributed by atoms with Crippen LogP contribution in [0.3, 0.4) is 0 Å². The summed E-state index contributed by atoms with van der Waals surface area (Å²) in [6, 6.07) is 12.4. The molecule has 1 amide bonds. The Morgan fingerprint density at radius 2 is 1.80 bits per heavy atom. The van der Waals surface area contributed by atoms with Crippen LogP contribution < -0.4 is 5.43 Å². The van der Waals surface area contributed by atoms with Gasteiger partial charge in [-0.05, 0) is 37.3 Å². The molecule has 2 rings (SSSR count). The summed E-state index contributed by atoms with van der Waals surface area (Å²) in [6.45, 7) is 1.74. The maximum atomic E-state index is 12.8. The highest BCUT2D eigenvalue weighted by Gasteiger charge is 2.06. The van der Waals surface area contributed by atoms with Gasteiger partial charge in [-0.1, -0.05) is 29.8 Å². The molecule has 0 aromatic heterocycles. The quantitative estimate of drug-likeness (QED) is 0.680. The van der Waals surface area contributed by atoms with Gasteiger partial charge < -0.3 is 0 Å². The summed E-state index contributed by atoms with van der Waals surface area (Å²) < 4.78 is 12.8. The third-order valence-electron chi connectivity index (χ3n) is 2.70. The Labute approximate surface area is 121 Å². The second-order valence-corrected chi connectivity index (χ2v) is 4.53. The van der Waals surface area contributed by atoms with Crippen LogP contribution in [0, 0.1) is 5.82 Å². The van der Waals surface area contributed by atoms with Gasteiger partial charge in [-0.3, -0.25) is 4.79 Å². The van der Waals surface area contributed by atoms with Crippen molar-refractivity contribution in [2.24, 2.45) is 5.10 Å². The zero-order valence-corrected chi connectivity index (χ0v) is 11.5. The zero-order chi connectivity index (χ0) is 14.5. The third-order valence-corrected chi connectivity index (χ3v) is 3.02. The number of hydrogen-bond acceptors (Lipinski definition) is 2. The number of benzene rings is 2. The predicted molar refractivity (Wildman–Crippen MR) is 77.5 cm³/mol. The molecule has 0 aliphatic heterocycles. The van der Waals surface area contributed by atoms with E-state index in [1.54, 1.807) is 13.0 Å². The average molecular weight is 291 g/mol. The number of hydrazone groups is 1. The second kappa shape index (κ2) is 6.30. The summed E-state index contributed by atoms with van der Waals surface area (Å²) in [5.41, 5.74) is 4.08. The molecule has 0 unspecified atom stereocenters. The SMILES string of the molecule is CC(=NNC(=O)c1ccc(F)cc1)c1ccccc1Cl. The number of rotatable bonds is 3. The molecule has 2 aromatic carbocycles. The Hall–Kier alpha value is -2.20. The third kappa shape index (κ3) is 3.42. The fourth-order valence-electron chi connectivity index (χ4n) is 1.62. The minimum absolute atomic E-state index is 0.335. The summed E-state index contributed by atoms with van der Waals surface area (Å²) in [7, 11) is 0. The van der Waals surface area contributed by atoms with Crippen LogP contribution in [0.15, 0.2) is 53.6 Å². The molecule has 102 valence electrons. The van der Waals surface area contributed by atoms with Crippen LogP contribution in [0.4, 0.5) is 4.39 Å². The number of hydrogen-bond donors (Lipinski definition) is 1. The van der Waals surface area contributed by atoms with Gasteiger partial charge >= 0.3 is 0 Å². The van der Waals surface area contributed by atoms with Gasteiger partial charge in [0.15, 0.2) is 0 Å². The molecule has 0 saturated carbocycles. The van der Waals surface area contributed by atoms with Crippen molar-refractivity contribution in [1.29, 1.82) is 0 Å². The lowest BCUT2D eigenvalue weighted by molar-refractivity contribution is 0.0955. The van der Waals surface area contributed by atoms with Crippen molar-refractivity contribution in [3.05, 3.63) is 70.5 Å². The van der Waals surface area contributed by atoms with E-state index in [0.29, 0.717) is 16.3 Å². The van der Waals surface area contributed by atoms with E-state index in [2.05, 4.69) is 10.5 Å². The van der Waals surface area contributed by atoms with E-state index in [4.69, 9.17) is 11.6 Å². The molecule has 0 atom stereocenters. The average Bonchev–Trinajstić information content (AvgIpc) is 2.45. The monoisotopic (exact) mass is 290 g/mol. The molecule has 0 saturated heterocycles. The highest BCUT2D eigenvalue weighted by atomic mass is 35.5. The van der Waals surface area contributed by atoms with E-state index in [9.17, 15) is 9.18 Å². The predicted octanol–water partition coefficient (Wildman–Crippen LogP) is 3.63. The van der Waals surface area contributed by atoms with Crippen LogP contribution in [0.25, 0.3) is 0 Å². The first-order valence-corrected chi connectivity index (χ1v) is 6.31. The van der Waals surface area contributed by atoms with E-state index < -0.39 is 11.7 Å². The number of carbonyl (C=O) groups is 1. The first-order valence-electron chi connectivity index (χ1n) is 5.93. The number of nitrogens with zero attached hydrogens (tertiary/aromatic N) is 1. The van der Waals surface area contributed by atoms with Crippen molar-refractivity contribution in [3.8, 4) is 0 Å². The molecular formula is C15H12ClFN2O. The molecule has 20 heavy (non-hydrogen) atoms.